The maximum absolute atomic E-state index is 11.0. The number of rotatable bonds is 4. The Labute approximate surface area is 72.0 Å². The van der Waals surface area contributed by atoms with Gasteiger partial charge in [-0.25, -0.2) is 0 Å². The summed E-state index contributed by atoms with van der Waals surface area (Å²) in [6.07, 6.45) is 0.0491. The van der Waals surface area contributed by atoms with Gasteiger partial charge in [-0.2, -0.15) is 0 Å². The Balaban J connectivity index is 3.77. The number of carboxylic acids is 1. The van der Waals surface area contributed by atoms with Crippen molar-refractivity contribution in [1.82, 2.24) is 5.32 Å². The molecule has 70 valence electrons. The molecule has 0 aliphatic carbocycles. The average Bonchev–Trinajstić information content (AvgIpc) is 1.84. The maximum atomic E-state index is 11.0. The minimum atomic E-state index is -0.936. The molecule has 0 bridgehead atoms. The maximum Gasteiger partial charge on any atom is 0.306 e. The lowest BCUT2D eigenvalue weighted by molar-refractivity contribution is -0.143. The molecule has 0 aromatic carbocycles. The summed E-state index contributed by atoms with van der Waals surface area (Å²) in [7, 11) is 0. The Morgan fingerprint density at radius 1 is 1.33 bits per heavy atom. The van der Waals surface area contributed by atoms with E-state index in [-0.39, 0.29) is 18.4 Å². The predicted molar refractivity (Wildman–Crippen MR) is 44.7 cm³/mol. The highest BCUT2D eigenvalue weighted by Crippen LogP contribution is 2.01. The second-order valence-electron chi connectivity index (χ2n) is 3.17. The van der Waals surface area contributed by atoms with Gasteiger partial charge < -0.3 is 10.4 Å². The van der Waals surface area contributed by atoms with Crippen LogP contribution < -0.4 is 5.32 Å². The molecule has 4 nitrogen and oxygen atoms in total. The standard InChI is InChI=1S/C8H15NO3/c1-5(2)9-7(10)4-6(3)8(11)12/h5-6H,4H2,1-3H3,(H,9,10)(H,11,12). The van der Waals surface area contributed by atoms with Crippen LogP contribution in [0.15, 0.2) is 0 Å². The van der Waals surface area contributed by atoms with E-state index in [0.29, 0.717) is 0 Å². The van der Waals surface area contributed by atoms with Crippen LogP contribution in [0.3, 0.4) is 0 Å². The fourth-order valence-electron chi connectivity index (χ4n) is 0.746. The Bertz CT molecular complexity index is 177. The minimum absolute atomic E-state index is 0.0491. The van der Waals surface area contributed by atoms with Crippen molar-refractivity contribution in [3.05, 3.63) is 0 Å². The molecule has 12 heavy (non-hydrogen) atoms. The highest BCUT2D eigenvalue weighted by atomic mass is 16.4. The lowest BCUT2D eigenvalue weighted by Gasteiger charge is -2.09. The van der Waals surface area contributed by atoms with E-state index < -0.39 is 11.9 Å². The largest absolute Gasteiger partial charge is 0.481 e. The summed E-state index contributed by atoms with van der Waals surface area (Å²) < 4.78 is 0. The zero-order chi connectivity index (χ0) is 9.72. The molecule has 0 aliphatic heterocycles. The molecular formula is C8H15NO3. The normalized spacial score (nSPS) is 12.7. The van der Waals surface area contributed by atoms with Crippen molar-refractivity contribution >= 4 is 11.9 Å². The van der Waals surface area contributed by atoms with Gasteiger partial charge in [-0.1, -0.05) is 6.92 Å². The second-order valence-corrected chi connectivity index (χ2v) is 3.17. The molecule has 0 radical (unpaired) electrons. The summed E-state index contributed by atoms with van der Waals surface area (Å²) in [4.78, 5) is 21.3. The number of carbonyl (C=O) groups excluding carboxylic acids is 1. The first-order valence-electron chi connectivity index (χ1n) is 3.95. The van der Waals surface area contributed by atoms with Gasteiger partial charge >= 0.3 is 5.97 Å². The van der Waals surface area contributed by atoms with Crippen molar-refractivity contribution < 1.29 is 14.7 Å². The van der Waals surface area contributed by atoms with E-state index in [0.717, 1.165) is 0 Å². The number of aliphatic carboxylic acids is 1. The predicted octanol–water partition coefficient (Wildman–Crippen LogP) is 0.622. The van der Waals surface area contributed by atoms with Crippen molar-refractivity contribution in [3.63, 3.8) is 0 Å². The zero-order valence-electron chi connectivity index (χ0n) is 7.63. The first-order chi connectivity index (χ1) is 5.43. The summed E-state index contributed by atoms with van der Waals surface area (Å²) >= 11 is 0. The Morgan fingerprint density at radius 2 is 1.83 bits per heavy atom. The molecule has 0 aliphatic rings. The molecule has 0 saturated carbocycles. The molecule has 0 fully saturated rings. The van der Waals surface area contributed by atoms with Gasteiger partial charge in [-0.05, 0) is 13.8 Å². The van der Waals surface area contributed by atoms with Gasteiger partial charge in [-0.3, -0.25) is 9.59 Å². The zero-order valence-corrected chi connectivity index (χ0v) is 7.63. The first kappa shape index (κ1) is 10.9. The Kier molecular flexibility index (Phi) is 4.33. The van der Waals surface area contributed by atoms with Crippen LogP contribution in [-0.4, -0.2) is 23.0 Å². The van der Waals surface area contributed by atoms with E-state index in [1.165, 1.54) is 6.92 Å². The van der Waals surface area contributed by atoms with Gasteiger partial charge in [0.05, 0.1) is 5.92 Å². The molecule has 1 atom stereocenters. The van der Waals surface area contributed by atoms with Crippen LogP contribution in [0.2, 0.25) is 0 Å². The van der Waals surface area contributed by atoms with Crippen molar-refractivity contribution in [2.45, 2.75) is 33.2 Å². The number of amides is 1. The lowest BCUT2D eigenvalue weighted by atomic mass is 10.1. The van der Waals surface area contributed by atoms with Crippen molar-refractivity contribution in [1.29, 1.82) is 0 Å². The smallest absolute Gasteiger partial charge is 0.306 e. The molecule has 2 N–H and O–H groups in total. The Hall–Kier alpha value is -1.06. The molecule has 0 rings (SSSR count). The van der Waals surface area contributed by atoms with Gasteiger partial charge in [0.15, 0.2) is 0 Å². The quantitative estimate of drug-likeness (QED) is 0.655. The summed E-state index contributed by atoms with van der Waals surface area (Å²) in [5.41, 5.74) is 0. The number of hydrogen-bond acceptors (Lipinski definition) is 2. The van der Waals surface area contributed by atoms with Gasteiger partial charge in [0.25, 0.3) is 0 Å². The van der Waals surface area contributed by atoms with E-state index in [2.05, 4.69) is 5.32 Å². The topological polar surface area (TPSA) is 66.4 Å². The summed E-state index contributed by atoms with van der Waals surface area (Å²) in [5.74, 6) is -1.75. The third-order valence-electron chi connectivity index (χ3n) is 1.36. The molecule has 0 aromatic rings. The van der Waals surface area contributed by atoms with Crippen LogP contribution in [0, 0.1) is 5.92 Å². The number of carboxylic acid groups (broad SMARTS) is 1. The third-order valence-corrected chi connectivity index (χ3v) is 1.36. The number of hydrogen-bond donors (Lipinski definition) is 2. The molecule has 4 heteroatoms. The van der Waals surface area contributed by atoms with Gasteiger partial charge in [0.1, 0.15) is 0 Å². The van der Waals surface area contributed by atoms with Crippen molar-refractivity contribution in [2.24, 2.45) is 5.92 Å². The minimum Gasteiger partial charge on any atom is -0.481 e. The SMILES string of the molecule is CC(C)NC(=O)CC(C)C(=O)O. The molecule has 0 saturated heterocycles. The van der Waals surface area contributed by atoms with E-state index >= 15 is 0 Å². The highest BCUT2D eigenvalue weighted by Gasteiger charge is 2.15. The molecule has 0 aromatic heterocycles. The summed E-state index contributed by atoms with van der Waals surface area (Å²) in [6, 6.07) is 0.0681. The number of nitrogens with one attached hydrogen (secondary N) is 1. The van der Waals surface area contributed by atoms with Crippen molar-refractivity contribution in [2.75, 3.05) is 0 Å². The van der Waals surface area contributed by atoms with Crippen LogP contribution in [0.5, 0.6) is 0 Å². The van der Waals surface area contributed by atoms with Crippen LogP contribution in [-0.2, 0) is 9.59 Å². The molecule has 1 unspecified atom stereocenters. The summed E-state index contributed by atoms with van der Waals surface area (Å²) in [6.45, 7) is 5.19. The van der Waals surface area contributed by atoms with E-state index in [1.807, 2.05) is 13.8 Å². The van der Waals surface area contributed by atoms with Crippen LogP contribution in [0.25, 0.3) is 0 Å². The molecular weight excluding hydrogens is 158 g/mol. The number of carbonyl (C=O) groups is 2. The van der Waals surface area contributed by atoms with Crippen molar-refractivity contribution in [3.8, 4) is 0 Å². The van der Waals surface area contributed by atoms with Gasteiger partial charge in [0, 0.05) is 12.5 Å². The lowest BCUT2D eigenvalue weighted by Crippen LogP contribution is -2.32. The van der Waals surface area contributed by atoms with Crippen LogP contribution in [0.4, 0.5) is 0 Å². The van der Waals surface area contributed by atoms with Crippen LogP contribution in [0.1, 0.15) is 27.2 Å². The average molecular weight is 173 g/mol. The molecule has 0 spiro atoms. The summed E-state index contributed by atoms with van der Waals surface area (Å²) in [5, 5.41) is 11.1. The van der Waals surface area contributed by atoms with E-state index in [9.17, 15) is 9.59 Å². The van der Waals surface area contributed by atoms with E-state index in [1.54, 1.807) is 0 Å². The fraction of sp³-hybridized carbons (Fsp3) is 0.750. The molecule has 1 amide bonds. The molecule has 0 heterocycles. The first-order valence-corrected chi connectivity index (χ1v) is 3.95. The van der Waals surface area contributed by atoms with Gasteiger partial charge in [0.2, 0.25) is 5.91 Å². The van der Waals surface area contributed by atoms with Crippen LogP contribution >= 0.6 is 0 Å². The second kappa shape index (κ2) is 4.74. The third kappa shape index (κ3) is 4.71. The van der Waals surface area contributed by atoms with E-state index in [4.69, 9.17) is 5.11 Å². The fourth-order valence-corrected chi connectivity index (χ4v) is 0.746. The van der Waals surface area contributed by atoms with Gasteiger partial charge in [-0.15, -0.1) is 0 Å². The highest BCUT2D eigenvalue weighted by molar-refractivity contribution is 5.82. The monoisotopic (exact) mass is 173 g/mol. The Morgan fingerprint density at radius 3 is 2.17 bits per heavy atom.